The fraction of sp³-hybridized carbons (Fsp3) is 0.423. The van der Waals surface area contributed by atoms with Crippen molar-refractivity contribution in [1.29, 1.82) is 0 Å². The van der Waals surface area contributed by atoms with Gasteiger partial charge in [-0.1, -0.05) is 48.5 Å². The SMILES string of the molecule is COC1(CO)CCN(C(=O)C(CC(=O)O)NC(=O)OCC2c3ccccc3-c3ccccc32)CC1. The van der Waals surface area contributed by atoms with Crippen molar-refractivity contribution in [2.45, 2.75) is 36.8 Å². The van der Waals surface area contributed by atoms with Crippen molar-refractivity contribution in [2.75, 3.05) is 33.4 Å². The molecule has 0 bridgehead atoms. The first-order valence-electron chi connectivity index (χ1n) is 11.7. The third-order valence-electron chi connectivity index (χ3n) is 7.02. The summed E-state index contributed by atoms with van der Waals surface area (Å²) in [6, 6.07) is 14.6. The van der Waals surface area contributed by atoms with Gasteiger partial charge in [-0.3, -0.25) is 9.59 Å². The standard InChI is InChI=1S/C26H30N2O7/c1-34-26(16-29)10-12-28(13-11-26)24(32)22(14-23(30)31)27-25(33)35-15-21-19-8-4-2-6-17(19)18-7-3-5-9-20(18)21/h2-9,21-22,29H,10-16H2,1H3,(H,27,33)(H,30,31). The second kappa shape index (κ2) is 10.5. The minimum Gasteiger partial charge on any atom is -0.481 e. The molecule has 1 heterocycles. The Bertz CT molecular complexity index is 1040. The van der Waals surface area contributed by atoms with Crippen molar-refractivity contribution < 1.29 is 34.1 Å². The highest BCUT2D eigenvalue weighted by molar-refractivity contribution is 5.89. The Morgan fingerprint density at radius 2 is 1.63 bits per heavy atom. The van der Waals surface area contributed by atoms with Crippen molar-refractivity contribution in [1.82, 2.24) is 10.2 Å². The molecule has 4 rings (SSSR count). The highest BCUT2D eigenvalue weighted by Crippen LogP contribution is 2.44. The minimum atomic E-state index is -1.26. The molecule has 2 aliphatic rings. The molecule has 1 atom stereocenters. The van der Waals surface area contributed by atoms with Crippen LogP contribution in [0.2, 0.25) is 0 Å². The first-order valence-corrected chi connectivity index (χ1v) is 11.7. The molecule has 1 saturated heterocycles. The summed E-state index contributed by atoms with van der Waals surface area (Å²) >= 11 is 0. The number of alkyl carbamates (subject to hydrolysis) is 1. The van der Waals surface area contributed by atoms with Gasteiger partial charge in [-0.05, 0) is 35.1 Å². The number of amides is 2. The monoisotopic (exact) mass is 482 g/mol. The number of likely N-dealkylation sites (tertiary alicyclic amines) is 1. The number of aliphatic hydroxyl groups is 1. The molecule has 1 unspecified atom stereocenters. The lowest BCUT2D eigenvalue weighted by Crippen LogP contribution is -2.55. The molecule has 3 N–H and O–H groups in total. The number of carboxylic acid groups (broad SMARTS) is 1. The van der Waals surface area contributed by atoms with Crippen molar-refractivity contribution in [2.24, 2.45) is 0 Å². The molecule has 2 aromatic rings. The van der Waals surface area contributed by atoms with Gasteiger partial charge in [-0.25, -0.2) is 4.79 Å². The molecule has 9 heteroatoms. The number of fused-ring (bicyclic) bond motifs is 3. The number of nitrogens with one attached hydrogen (secondary N) is 1. The normalized spacial score (nSPS) is 17.3. The average Bonchev–Trinajstić information content (AvgIpc) is 3.20. The number of aliphatic hydroxyl groups excluding tert-OH is 1. The third-order valence-corrected chi connectivity index (χ3v) is 7.02. The number of benzene rings is 2. The first kappa shape index (κ1) is 24.7. The minimum absolute atomic E-state index is 0.0599. The lowest BCUT2D eigenvalue weighted by atomic mass is 9.91. The molecule has 9 nitrogen and oxygen atoms in total. The molecule has 0 saturated carbocycles. The molecule has 0 radical (unpaired) electrons. The van der Waals surface area contributed by atoms with Crippen molar-refractivity contribution in [3.05, 3.63) is 59.7 Å². The highest BCUT2D eigenvalue weighted by atomic mass is 16.5. The largest absolute Gasteiger partial charge is 0.481 e. The quantitative estimate of drug-likeness (QED) is 0.527. The number of piperidine rings is 1. The number of methoxy groups -OCH3 is 1. The average molecular weight is 483 g/mol. The Kier molecular flexibility index (Phi) is 7.37. The zero-order chi connectivity index (χ0) is 25.0. The molecule has 35 heavy (non-hydrogen) atoms. The number of aliphatic carboxylic acids is 1. The zero-order valence-corrected chi connectivity index (χ0v) is 19.6. The number of nitrogens with zero attached hydrogens (tertiary/aromatic N) is 1. The Hall–Kier alpha value is -3.43. The zero-order valence-electron chi connectivity index (χ0n) is 19.6. The fourth-order valence-corrected chi connectivity index (χ4v) is 4.94. The number of hydrogen-bond donors (Lipinski definition) is 3. The second-order valence-corrected chi connectivity index (χ2v) is 8.99. The van der Waals surface area contributed by atoms with Gasteiger partial charge in [-0.15, -0.1) is 0 Å². The third kappa shape index (κ3) is 5.16. The number of hydrogen-bond acceptors (Lipinski definition) is 6. The maximum atomic E-state index is 13.0. The van der Waals surface area contributed by atoms with Gasteiger partial charge in [0.05, 0.1) is 18.6 Å². The van der Waals surface area contributed by atoms with Gasteiger partial charge < -0.3 is 29.9 Å². The Morgan fingerprint density at radius 3 is 2.14 bits per heavy atom. The van der Waals surface area contributed by atoms with Gasteiger partial charge in [0.2, 0.25) is 5.91 Å². The number of rotatable bonds is 8. The van der Waals surface area contributed by atoms with E-state index in [0.717, 1.165) is 22.3 Å². The molecular formula is C26H30N2O7. The maximum Gasteiger partial charge on any atom is 0.407 e. The van der Waals surface area contributed by atoms with Crippen molar-refractivity contribution in [3.8, 4) is 11.1 Å². The number of carbonyl (C=O) groups excluding carboxylic acids is 2. The van der Waals surface area contributed by atoms with E-state index >= 15 is 0 Å². The van der Waals surface area contributed by atoms with Gasteiger partial charge in [0.25, 0.3) is 0 Å². The molecule has 0 spiro atoms. The summed E-state index contributed by atoms with van der Waals surface area (Å²) < 4.78 is 10.9. The summed E-state index contributed by atoms with van der Waals surface area (Å²) in [5.41, 5.74) is 3.59. The number of carbonyl (C=O) groups is 3. The predicted octanol–water partition coefficient (Wildman–Crippen LogP) is 2.37. The fourth-order valence-electron chi connectivity index (χ4n) is 4.94. The van der Waals surface area contributed by atoms with Gasteiger partial charge in [0.1, 0.15) is 12.6 Å². The lowest BCUT2D eigenvalue weighted by Gasteiger charge is -2.40. The van der Waals surface area contributed by atoms with Gasteiger partial charge >= 0.3 is 12.1 Å². The molecule has 1 fully saturated rings. The summed E-state index contributed by atoms with van der Waals surface area (Å²) in [5, 5.41) is 21.4. The lowest BCUT2D eigenvalue weighted by molar-refractivity contribution is -0.146. The molecule has 0 aromatic heterocycles. The van der Waals surface area contributed by atoms with Gasteiger partial charge in [0, 0.05) is 26.1 Å². The van der Waals surface area contributed by atoms with E-state index in [2.05, 4.69) is 5.32 Å². The molecule has 186 valence electrons. The van der Waals surface area contributed by atoms with Crippen molar-refractivity contribution >= 4 is 18.0 Å². The van der Waals surface area contributed by atoms with Crippen LogP contribution >= 0.6 is 0 Å². The smallest absolute Gasteiger partial charge is 0.407 e. The van der Waals surface area contributed by atoms with Crippen LogP contribution in [0.1, 0.15) is 36.3 Å². The van der Waals surface area contributed by atoms with E-state index in [4.69, 9.17) is 9.47 Å². The summed E-state index contributed by atoms with van der Waals surface area (Å²) in [4.78, 5) is 38.6. The summed E-state index contributed by atoms with van der Waals surface area (Å²) in [6.07, 6.45) is -0.577. The Balaban J connectivity index is 1.40. The van der Waals surface area contributed by atoms with Crippen LogP contribution in [-0.4, -0.2) is 78.1 Å². The number of ether oxygens (including phenoxy) is 2. The summed E-state index contributed by atoms with van der Waals surface area (Å²) in [5.74, 6) is -1.85. The van der Waals surface area contributed by atoms with E-state index in [1.165, 1.54) is 12.0 Å². The molecule has 1 aliphatic heterocycles. The van der Waals surface area contributed by atoms with Gasteiger partial charge in [-0.2, -0.15) is 0 Å². The van der Waals surface area contributed by atoms with E-state index in [1.54, 1.807) is 0 Å². The van der Waals surface area contributed by atoms with E-state index in [1.807, 2.05) is 48.5 Å². The second-order valence-electron chi connectivity index (χ2n) is 8.99. The Morgan fingerprint density at radius 1 is 1.06 bits per heavy atom. The van der Waals surface area contributed by atoms with Crippen molar-refractivity contribution in [3.63, 3.8) is 0 Å². The van der Waals surface area contributed by atoms with Crippen LogP contribution in [0.3, 0.4) is 0 Å². The van der Waals surface area contributed by atoms with Crippen LogP contribution in [0.25, 0.3) is 11.1 Å². The molecule has 2 amide bonds. The molecule has 2 aromatic carbocycles. The summed E-state index contributed by atoms with van der Waals surface area (Å²) in [7, 11) is 1.51. The van der Waals surface area contributed by atoms with E-state index in [0.29, 0.717) is 12.8 Å². The van der Waals surface area contributed by atoms with E-state index in [9.17, 15) is 24.6 Å². The van der Waals surface area contributed by atoms with Crippen LogP contribution in [0.4, 0.5) is 4.79 Å². The topological polar surface area (TPSA) is 125 Å². The molecule has 1 aliphatic carbocycles. The van der Waals surface area contributed by atoms with Crippen LogP contribution in [0.15, 0.2) is 48.5 Å². The van der Waals surface area contributed by atoms with Gasteiger partial charge in [0.15, 0.2) is 0 Å². The van der Waals surface area contributed by atoms with E-state index < -0.39 is 36.0 Å². The highest BCUT2D eigenvalue weighted by Gasteiger charge is 2.38. The van der Waals surface area contributed by atoms with Crippen LogP contribution < -0.4 is 5.32 Å². The van der Waals surface area contributed by atoms with Crippen LogP contribution in [-0.2, 0) is 19.1 Å². The predicted molar refractivity (Wildman–Crippen MR) is 127 cm³/mol. The van der Waals surface area contributed by atoms with Crippen LogP contribution in [0.5, 0.6) is 0 Å². The van der Waals surface area contributed by atoms with E-state index in [-0.39, 0.29) is 32.2 Å². The Labute approximate surface area is 203 Å². The number of carboxylic acids is 1. The maximum absolute atomic E-state index is 13.0. The molecular weight excluding hydrogens is 452 g/mol. The first-order chi connectivity index (χ1) is 16.9. The summed E-state index contributed by atoms with van der Waals surface area (Å²) in [6.45, 7) is 0.470. The van der Waals surface area contributed by atoms with Crippen LogP contribution in [0, 0.1) is 0 Å².